The SMILES string of the molecule is CN(c1ncnc2[nH]ccc12)C1CCC(CS(=O)(=O)N2CCCC(OCC(N)=O)C2)CC1. The Balaban J connectivity index is 1.31. The first kappa shape index (κ1) is 22.9. The number of aromatic nitrogens is 3. The van der Waals surface area contributed by atoms with E-state index in [0.717, 1.165) is 55.4 Å². The molecule has 1 saturated carbocycles. The normalized spacial score (nSPS) is 25.1. The summed E-state index contributed by atoms with van der Waals surface area (Å²) in [5.41, 5.74) is 5.96. The second-order valence-corrected chi connectivity index (χ2v) is 10.9. The molecule has 2 aliphatic rings. The molecule has 1 aliphatic carbocycles. The van der Waals surface area contributed by atoms with Crippen molar-refractivity contribution in [2.24, 2.45) is 11.7 Å². The quantitative estimate of drug-likeness (QED) is 0.600. The lowest BCUT2D eigenvalue weighted by Gasteiger charge is -2.37. The highest BCUT2D eigenvalue weighted by Gasteiger charge is 2.34. The Labute approximate surface area is 188 Å². The third-order valence-corrected chi connectivity index (χ3v) is 8.68. The van der Waals surface area contributed by atoms with Crippen molar-refractivity contribution in [1.29, 1.82) is 0 Å². The Hall–Kier alpha value is -2.24. The molecule has 11 heteroatoms. The molecule has 0 radical (unpaired) electrons. The minimum Gasteiger partial charge on any atom is -0.368 e. The van der Waals surface area contributed by atoms with E-state index in [1.54, 1.807) is 6.33 Å². The molecule has 0 spiro atoms. The van der Waals surface area contributed by atoms with Crippen molar-refractivity contribution in [3.8, 4) is 0 Å². The van der Waals surface area contributed by atoms with Crippen molar-refractivity contribution >= 4 is 32.8 Å². The van der Waals surface area contributed by atoms with Crippen molar-refractivity contribution in [2.75, 3.05) is 37.4 Å². The van der Waals surface area contributed by atoms with Crippen LogP contribution in [0.25, 0.3) is 11.0 Å². The van der Waals surface area contributed by atoms with Gasteiger partial charge in [-0.2, -0.15) is 4.31 Å². The van der Waals surface area contributed by atoms with Crippen LogP contribution in [0.2, 0.25) is 0 Å². The minimum absolute atomic E-state index is 0.147. The van der Waals surface area contributed by atoms with E-state index in [4.69, 9.17) is 10.5 Å². The average Bonchev–Trinajstić information content (AvgIpc) is 3.27. The van der Waals surface area contributed by atoms with Gasteiger partial charge in [0.1, 0.15) is 24.4 Å². The van der Waals surface area contributed by atoms with Crippen molar-refractivity contribution in [3.63, 3.8) is 0 Å². The van der Waals surface area contributed by atoms with Gasteiger partial charge in [0.2, 0.25) is 15.9 Å². The number of nitrogens with two attached hydrogens (primary N) is 1. The number of carbonyl (C=O) groups is 1. The molecule has 4 rings (SSSR count). The van der Waals surface area contributed by atoms with Crippen LogP contribution in [0, 0.1) is 5.92 Å². The number of piperidine rings is 1. The number of nitrogens with zero attached hydrogens (tertiary/aromatic N) is 4. The number of sulfonamides is 1. The second kappa shape index (κ2) is 9.72. The van der Waals surface area contributed by atoms with Gasteiger partial charge < -0.3 is 20.4 Å². The van der Waals surface area contributed by atoms with Gasteiger partial charge in [-0.05, 0) is 50.5 Å². The number of H-pyrrole nitrogens is 1. The van der Waals surface area contributed by atoms with Gasteiger partial charge in [-0.3, -0.25) is 4.79 Å². The summed E-state index contributed by atoms with van der Waals surface area (Å²) in [4.78, 5) is 25.0. The molecule has 3 heterocycles. The zero-order chi connectivity index (χ0) is 22.7. The molecular formula is C21H32N6O4S. The number of primary amides is 1. The van der Waals surface area contributed by atoms with E-state index >= 15 is 0 Å². The zero-order valence-corrected chi connectivity index (χ0v) is 19.3. The zero-order valence-electron chi connectivity index (χ0n) is 18.4. The number of hydrogen-bond acceptors (Lipinski definition) is 7. The number of fused-ring (bicyclic) bond motifs is 1. The number of hydrogen-bond donors (Lipinski definition) is 2. The predicted molar refractivity (Wildman–Crippen MR) is 122 cm³/mol. The maximum Gasteiger partial charge on any atom is 0.243 e. The topological polar surface area (TPSA) is 135 Å². The fourth-order valence-corrected chi connectivity index (χ4v) is 6.85. The minimum atomic E-state index is -3.37. The first-order chi connectivity index (χ1) is 15.3. The van der Waals surface area contributed by atoms with Crippen LogP contribution in [0.4, 0.5) is 5.82 Å². The van der Waals surface area contributed by atoms with Gasteiger partial charge in [0, 0.05) is 32.4 Å². The second-order valence-electron chi connectivity index (χ2n) is 8.90. The fraction of sp³-hybridized carbons (Fsp3) is 0.667. The van der Waals surface area contributed by atoms with E-state index in [0.29, 0.717) is 19.1 Å². The maximum atomic E-state index is 13.0. The van der Waals surface area contributed by atoms with Crippen LogP contribution in [0.1, 0.15) is 38.5 Å². The molecule has 2 fully saturated rings. The fourth-order valence-electron chi connectivity index (χ4n) is 4.91. The number of amides is 1. The molecular weight excluding hydrogens is 432 g/mol. The van der Waals surface area contributed by atoms with Gasteiger partial charge in [-0.25, -0.2) is 18.4 Å². The van der Waals surface area contributed by atoms with Crippen LogP contribution < -0.4 is 10.6 Å². The number of ether oxygens (including phenoxy) is 1. The summed E-state index contributed by atoms with van der Waals surface area (Å²) in [6.07, 6.45) is 8.23. The van der Waals surface area contributed by atoms with Crippen LogP contribution in [-0.2, 0) is 19.6 Å². The van der Waals surface area contributed by atoms with Gasteiger partial charge in [0.25, 0.3) is 0 Å². The van der Waals surface area contributed by atoms with Gasteiger partial charge in [-0.15, -0.1) is 0 Å². The Kier molecular flexibility index (Phi) is 6.96. The summed E-state index contributed by atoms with van der Waals surface area (Å²) in [5.74, 6) is 0.685. The highest BCUT2D eigenvalue weighted by molar-refractivity contribution is 7.89. The molecule has 10 nitrogen and oxygen atoms in total. The third kappa shape index (κ3) is 5.21. The predicted octanol–water partition coefficient (Wildman–Crippen LogP) is 1.25. The van der Waals surface area contributed by atoms with Crippen molar-refractivity contribution in [2.45, 2.75) is 50.7 Å². The monoisotopic (exact) mass is 464 g/mol. The lowest BCUT2D eigenvalue weighted by molar-refractivity contribution is -0.125. The van der Waals surface area contributed by atoms with E-state index in [2.05, 4.69) is 26.9 Å². The largest absolute Gasteiger partial charge is 0.368 e. The molecule has 1 amide bonds. The molecule has 32 heavy (non-hydrogen) atoms. The average molecular weight is 465 g/mol. The van der Waals surface area contributed by atoms with Gasteiger partial charge in [-0.1, -0.05) is 0 Å². The Morgan fingerprint density at radius 3 is 2.81 bits per heavy atom. The number of rotatable bonds is 8. The summed E-state index contributed by atoms with van der Waals surface area (Å²) >= 11 is 0. The first-order valence-corrected chi connectivity index (χ1v) is 12.8. The Morgan fingerprint density at radius 2 is 2.06 bits per heavy atom. The summed E-state index contributed by atoms with van der Waals surface area (Å²) in [5, 5.41) is 0.998. The van der Waals surface area contributed by atoms with Gasteiger partial charge >= 0.3 is 0 Å². The van der Waals surface area contributed by atoms with E-state index in [9.17, 15) is 13.2 Å². The first-order valence-electron chi connectivity index (χ1n) is 11.2. The number of anilines is 1. The van der Waals surface area contributed by atoms with E-state index in [1.807, 2.05) is 12.3 Å². The lowest BCUT2D eigenvalue weighted by atomic mass is 9.86. The molecule has 0 bridgehead atoms. The van der Waals surface area contributed by atoms with Gasteiger partial charge in [0.05, 0.1) is 17.2 Å². The van der Waals surface area contributed by atoms with Crippen LogP contribution in [0.3, 0.4) is 0 Å². The molecule has 2 aromatic rings. The third-order valence-electron chi connectivity index (χ3n) is 6.67. The maximum absolute atomic E-state index is 13.0. The number of aromatic amines is 1. The highest BCUT2D eigenvalue weighted by Crippen LogP contribution is 2.32. The summed E-state index contributed by atoms with van der Waals surface area (Å²) in [7, 11) is -1.31. The number of nitrogens with one attached hydrogen (secondary N) is 1. The smallest absolute Gasteiger partial charge is 0.243 e. The molecule has 1 unspecified atom stereocenters. The van der Waals surface area contributed by atoms with Crippen LogP contribution in [0.5, 0.6) is 0 Å². The van der Waals surface area contributed by atoms with E-state index in [1.165, 1.54) is 4.31 Å². The van der Waals surface area contributed by atoms with Crippen molar-refractivity contribution in [3.05, 3.63) is 18.6 Å². The summed E-state index contributed by atoms with van der Waals surface area (Å²) in [6.45, 7) is 0.642. The van der Waals surface area contributed by atoms with Crippen LogP contribution >= 0.6 is 0 Å². The molecule has 176 valence electrons. The van der Waals surface area contributed by atoms with Gasteiger partial charge in [0.15, 0.2) is 0 Å². The van der Waals surface area contributed by atoms with E-state index in [-0.39, 0.29) is 24.4 Å². The molecule has 2 aromatic heterocycles. The molecule has 3 N–H and O–H groups in total. The van der Waals surface area contributed by atoms with Crippen molar-refractivity contribution in [1.82, 2.24) is 19.3 Å². The van der Waals surface area contributed by atoms with Crippen molar-refractivity contribution < 1.29 is 17.9 Å². The number of carbonyl (C=O) groups excluding carboxylic acids is 1. The Bertz CT molecular complexity index is 1030. The molecule has 1 atom stereocenters. The molecule has 1 saturated heterocycles. The lowest BCUT2D eigenvalue weighted by Crippen LogP contribution is -2.46. The van der Waals surface area contributed by atoms with Crippen LogP contribution in [0.15, 0.2) is 18.6 Å². The Morgan fingerprint density at radius 1 is 1.28 bits per heavy atom. The summed E-state index contributed by atoms with van der Waals surface area (Å²) < 4.78 is 33.1. The van der Waals surface area contributed by atoms with Crippen LogP contribution in [-0.4, -0.2) is 78.2 Å². The molecule has 0 aromatic carbocycles. The van der Waals surface area contributed by atoms with E-state index < -0.39 is 15.9 Å². The highest BCUT2D eigenvalue weighted by atomic mass is 32.2. The standard InChI is InChI=1S/C21H32N6O4S/c1-26(21-18-8-9-23-20(18)24-14-25-21)16-6-4-15(5-7-16)13-32(29,30)27-10-2-3-17(11-27)31-12-19(22)28/h8-9,14-17H,2-7,10-13H2,1H3,(H2,22,28)(H,23,24,25). The molecule has 1 aliphatic heterocycles. The summed E-state index contributed by atoms with van der Waals surface area (Å²) in [6, 6.07) is 2.31.